The third-order valence-corrected chi connectivity index (χ3v) is 1.12. The van der Waals surface area contributed by atoms with Crippen molar-refractivity contribution in [2.75, 3.05) is 19.6 Å². The van der Waals surface area contributed by atoms with E-state index in [2.05, 4.69) is 10.3 Å². The van der Waals surface area contributed by atoms with Crippen molar-refractivity contribution in [1.29, 1.82) is 0 Å². The average molecular weight is 144 g/mol. The number of nitrogens with one attached hydrogen (secondary N) is 2. The predicted octanol–water partition coefficient (Wildman–Crippen LogP) is -1.23. The van der Waals surface area contributed by atoms with Gasteiger partial charge in [-0.1, -0.05) is 0 Å². The van der Waals surface area contributed by atoms with E-state index in [0.717, 1.165) is 6.54 Å². The number of hydrazine groups is 1. The third kappa shape index (κ3) is 1.88. The van der Waals surface area contributed by atoms with Gasteiger partial charge in [0.05, 0.1) is 6.54 Å². The quantitative estimate of drug-likeness (QED) is 0.384. The number of aliphatic imine (C=N–C) groups is 1. The summed E-state index contributed by atoms with van der Waals surface area (Å²) in [6.45, 7) is 1.69. The van der Waals surface area contributed by atoms with Gasteiger partial charge in [0.15, 0.2) is 5.03 Å². The Kier molecular flexibility index (Phi) is 2.03. The summed E-state index contributed by atoms with van der Waals surface area (Å²) in [7, 11) is 0. The van der Waals surface area contributed by atoms with E-state index in [-0.39, 0.29) is 6.54 Å². The van der Waals surface area contributed by atoms with Gasteiger partial charge in [0, 0.05) is 6.54 Å². The summed E-state index contributed by atoms with van der Waals surface area (Å²) in [6.07, 6.45) is 0. The second kappa shape index (κ2) is 3.00. The first-order valence-electron chi connectivity index (χ1n) is 2.94. The molecule has 1 rings (SSSR count). The minimum Gasteiger partial charge on any atom is -0.370 e. The molecule has 0 aromatic rings. The summed E-state index contributed by atoms with van der Waals surface area (Å²) in [5.74, 6) is 0.664. The molecule has 1 aliphatic heterocycles. The monoisotopic (exact) mass is 144 g/mol. The normalized spacial score (nSPS) is 15.8. The highest BCUT2D eigenvalue weighted by atomic mass is 16.7. The minimum absolute atomic E-state index is 0.187. The molecule has 0 aliphatic carbocycles. The van der Waals surface area contributed by atoms with Gasteiger partial charge in [0.2, 0.25) is 0 Å². The second-order valence-corrected chi connectivity index (χ2v) is 1.85. The van der Waals surface area contributed by atoms with Crippen molar-refractivity contribution in [2.45, 2.75) is 0 Å². The predicted molar refractivity (Wildman–Crippen MR) is 35.3 cm³/mol. The fraction of sp³-hybridized carbons (Fsp3) is 0.750. The Bertz CT molecular complexity index is 167. The number of nitro groups is 1. The average Bonchev–Trinajstić information content (AvgIpc) is 2.34. The SMILES string of the molecule is O=[N+]([O-])NCC1=NCCN1. The summed E-state index contributed by atoms with van der Waals surface area (Å²) in [5.41, 5.74) is 2.02. The van der Waals surface area contributed by atoms with Crippen LogP contribution in [0, 0.1) is 10.1 Å². The second-order valence-electron chi connectivity index (χ2n) is 1.85. The van der Waals surface area contributed by atoms with Gasteiger partial charge in [-0.05, 0) is 0 Å². The lowest BCUT2D eigenvalue weighted by Gasteiger charge is -1.97. The molecule has 0 saturated heterocycles. The smallest absolute Gasteiger partial charge is 0.157 e. The zero-order valence-corrected chi connectivity index (χ0v) is 5.33. The highest BCUT2D eigenvalue weighted by Gasteiger charge is 2.05. The van der Waals surface area contributed by atoms with Crippen molar-refractivity contribution in [3.8, 4) is 0 Å². The number of rotatable bonds is 3. The molecule has 0 atom stereocenters. The summed E-state index contributed by atoms with van der Waals surface area (Å²) >= 11 is 0. The van der Waals surface area contributed by atoms with E-state index in [1.54, 1.807) is 0 Å². The fourth-order valence-corrected chi connectivity index (χ4v) is 0.705. The van der Waals surface area contributed by atoms with Crippen LogP contribution in [0.25, 0.3) is 0 Å². The lowest BCUT2D eigenvalue weighted by atomic mass is 10.6. The van der Waals surface area contributed by atoms with E-state index >= 15 is 0 Å². The molecule has 0 unspecified atom stereocenters. The highest BCUT2D eigenvalue weighted by Crippen LogP contribution is 1.81. The standard InChI is InChI=1S/C4H8N4O2/c9-8(10)7-3-4-5-1-2-6-4/h7H,1-3H2,(H,5,6). The summed E-state index contributed by atoms with van der Waals surface area (Å²) in [6, 6.07) is 0. The van der Waals surface area contributed by atoms with Gasteiger partial charge < -0.3 is 5.32 Å². The van der Waals surface area contributed by atoms with Gasteiger partial charge >= 0.3 is 0 Å². The van der Waals surface area contributed by atoms with Crippen LogP contribution in [0.15, 0.2) is 4.99 Å². The molecule has 0 saturated carbocycles. The first-order valence-corrected chi connectivity index (χ1v) is 2.94. The van der Waals surface area contributed by atoms with Crippen LogP contribution in [0.5, 0.6) is 0 Å². The van der Waals surface area contributed by atoms with Gasteiger partial charge in [0.1, 0.15) is 12.4 Å². The Hall–Kier alpha value is -1.33. The lowest BCUT2D eigenvalue weighted by Crippen LogP contribution is -2.34. The molecule has 0 bridgehead atoms. The lowest BCUT2D eigenvalue weighted by molar-refractivity contribution is -0.541. The molecule has 1 aliphatic rings. The van der Waals surface area contributed by atoms with Crippen molar-refractivity contribution >= 4 is 5.84 Å². The van der Waals surface area contributed by atoms with Crippen LogP contribution >= 0.6 is 0 Å². The van der Waals surface area contributed by atoms with Crippen molar-refractivity contribution in [1.82, 2.24) is 10.7 Å². The zero-order chi connectivity index (χ0) is 7.40. The maximum atomic E-state index is 9.77. The van der Waals surface area contributed by atoms with Crippen LogP contribution in [0.3, 0.4) is 0 Å². The molecule has 56 valence electrons. The molecule has 0 radical (unpaired) electrons. The molecule has 0 amide bonds. The Balaban J connectivity index is 2.19. The van der Waals surface area contributed by atoms with Gasteiger partial charge in [-0.15, -0.1) is 5.43 Å². The minimum atomic E-state index is -0.581. The molecule has 6 nitrogen and oxygen atoms in total. The Morgan fingerprint density at radius 3 is 3.20 bits per heavy atom. The fourth-order valence-electron chi connectivity index (χ4n) is 0.705. The topological polar surface area (TPSA) is 79.6 Å². The van der Waals surface area contributed by atoms with Gasteiger partial charge in [0.25, 0.3) is 0 Å². The molecule has 0 spiro atoms. The van der Waals surface area contributed by atoms with E-state index in [1.807, 2.05) is 5.43 Å². The van der Waals surface area contributed by atoms with Crippen LogP contribution in [0.2, 0.25) is 0 Å². The molecule has 2 N–H and O–H groups in total. The van der Waals surface area contributed by atoms with E-state index in [0.29, 0.717) is 12.4 Å². The van der Waals surface area contributed by atoms with Crippen LogP contribution < -0.4 is 10.7 Å². The number of amidine groups is 1. The van der Waals surface area contributed by atoms with Crippen LogP contribution in [-0.2, 0) is 0 Å². The zero-order valence-electron chi connectivity index (χ0n) is 5.33. The Morgan fingerprint density at radius 1 is 1.90 bits per heavy atom. The van der Waals surface area contributed by atoms with Gasteiger partial charge in [-0.25, -0.2) is 10.1 Å². The first kappa shape index (κ1) is 6.79. The maximum Gasteiger partial charge on any atom is 0.157 e. The Morgan fingerprint density at radius 2 is 2.70 bits per heavy atom. The van der Waals surface area contributed by atoms with Gasteiger partial charge in [-0.3, -0.25) is 4.99 Å². The van der Waals surface area contributed by atoms with E-state index in [4.69, 9.17) is 0 Å². The van der Waals surface area contributed by atoms with Gasteiger partial charge in [-0.2, -0.15) is 0 Å². The summed E-state index contributed by atoms with van der Waals surface area (Å²) in [5, 5.41) is 12.1. The number of nitrogens with zero attached hydrogens (tertiary/aromatic N) is 2. The maximum absolute atomic E-state index is 9.77. The summed E-state index contributed by atoms with van der Waals surface area (Å²) in [4.78, 5) is 13.7. The van der Waals surface area contributed by atoms with Crippen LogP contribution in [-0.4, -0.2) is 30.5 Å². The van der Waals surface area contributed by atoms with Crippen molar-refractivity contribution in [3.63, 3.8) is 0 Å². The van der Waals surface area contributed by atoms with Crippen molar-refractivity contribution in [2.24, 2.45) is 4.99 Å². The molecule has 0 aromatic carbocycles. The van der Waals surface area contributed by atoms with Crippen molar-refractivity contribution in [3.05, 3.63) is 10.1 Å². The van der Waals surface area contributed by atoms with E-state index in [1.165, 1.54) is 0 Å². The molecule has 0 fully saturated rings. The highest BCUT2D eigenvalue weighted by molar-refractivity contribution is 5.85. The first-order chi connectivity index (χ1) is 4.79. The van der Waals surface area contributed by atoms with Crippen LogP contribution in [0.4, 0.5) is 0 Å². The molecule has 10 heavy (non-hydrogen) atoms. The van der Waals surface area contributed by atoms with E-state index < -0.39 is 5.03 Å². The van der Waals surface area contributed by atoms with Crippen LogP contribution in [0.1, 0.15) is 0 Å². The molecular weight excluding hydrogens is 136 g/mol. The van der Waals surface area contributed by atoms with Crippen molar-refractivity contribution < 1.29 is 5.03 Å². The number of hydrogen-bond acceptors (Lipinski definition) is 4. The molecule has 6 heteroatoms. The Labute approximate surface area is 57.4 Å². The van der Waals surface area contributed by atoms with E-state index in [9.17, 15) is 10.1 Å². The molecule has 1 heterocycles. The molecular formula is C4H8N4O2. The molecule has 0 aromatic heterocycles. The summed E-state index contributed by atoms with van der Waals surface area (Å²) < 4.78 is 0. The number of hydrogen-bond donors (Lipinski definition) is 2. The largest absolute Gasteiger partial charge is 0.370 e. The third-order valence-electron chi connectivity index (χ3n) is 1.12.